The molecule has 0 fully saturated rings. The summed E-state index contributed by atoms with van der Waals surface area (Å²) in [7, 11) is 0. The van der Waals surface area contributed by atoms with E-state index in [0.29, 0.717) is 22.3 Å². The first-order chi connectivity index (χ1) is 38.7. The van der Waals surface area contributed by atoms with Crippen LogP contribution in [0.1, 0.15) is 75.4 Å². The monoisotopic (exact) mass is 1070 g/mol. The molecule has 7 aromatic rings. The molecule has 80 heavy (non-hydrogen) atoms. The molecule has 0 saturated heterocycles. The summed E-state index contributed by atoms with van der Waals surface area (Å²) >= 11 is 1.80. The van der Waals surface area contributed by atoms with Gasteiger partial charge in [-0.15, -0.1) is 11.8 Å². The minimum atomic E-state index is -1.33. The summed E-state index contributed by atoms with van der Waals surface area (Å²) in [5, 5.41) is 37.8. The first-order valence-corrected chi connectivity index (χ1v) is 25.6. The van der Waals surface area contributed by atoms with Crippen molar-refractivity contribution >= 4 is 100 Å². The van der Waals surface area contributed by atoms with Gasteiger partial charge in [0.25, 0.3) is 22.8 Å². The fourth-order valence-electron chi connectivity index (χ4n) is 8.15. The predicted octanol–water partition coefficient (Wildman–Crippen LogP) is 15.6. The molecule has 0 aliphatic heterocycles. The zero-order valence-electron chi connectivity index (χ0n) is 42.8. The maximum atomic E-state index is 11.6. The third-order valence-electron chi connectivity index (χ3n) is 12.2. The SMILES string of the molecule is [C-]#[N+]/C(=C\c1ccc(C(=Cc2ccc(N(c3ccc(C=C(c4ccc(/C=C(\[N+]#[C-])C(=O)O)cc4)c4ccc(/C=C(\[N+]#[C-])C(=O)O)cc4)cc3)c3ccc(SCCCC)cc3)cc2)c2ccc(/C=C(\[N+]#[C-])C(=O)O)cc2)cc1)C(=O)O. The Morgan fingerprint density at radius 3 is 0.863 bits per heavy atom. The Balaban J connectivity index is 1.29. The number of carboxylic acid groups (broad SMARTS) is 4. The molecule has 0 aliphatic carbocycles. The molecular weight excluding hydrogens is 1020 g/mol. The Labute approximate surface area is 467 Å². The topological polar surface area (TPSA) is 170 Å². The molecule has 0 bridgehead atoms. The van der Waals surface area contributed by atoms with Crippen molar-refractivity contribution in [3.63, 3.8) is 0 Å². The molecule has 0 spiro atoms. The fraction of sp³-hybridized carbons (Fsp3) is 0.0606. The summed E-state index contributed by atoms with van der Waals surface area (Å²) in [6.07, 6.45) is 11.4. The number of anilines is 3. The van der Waals surface area contributed by atoms with Gasteiger partial charge in [0, 0.05) is 22.0 Å². The molecule has 14 heteroatoms. The van der Waals surface area contributed by atoms with Crippen molar-refractivity contribution in [3.05, 3.63) is 294 Å². The van der Waals surface area contributed by atoms with Crippen molar-refractivity contribution in [3.8, 4) is 0 Å². The van der Waals surface area contributed by atoms with Gasteiger partial charge in [0.2, 0.25) is 0 Å². The van der Waals surface area contributed by atoms with Crippen LogP contribution in [0.5, 0.6) is 0 Å². The molecule has 0 unspecified atom stereocenters. The van der Waals surface area contributed by atoms with Crippen molar-refractivity contribution in [1.29, 1.82) is 0 Å². The van der Waals surface area contributed by atoms with E-state index in [9.17, 15) is 39.6 Å². The van der Waals surface area contributed by atoms with Gasteiger partial charge in [0.05, 0.1) is 26.3 Å². The number of aliphatic carboxylic acids is 4. The number of hydrogen-bond acceptors (Lipinski definition) is 6. The number of benzene rings is 7. The van der Waals surface area contributed by atoms with E-state index in [1.54, 1.807) is 60.3 Å². The summed E-state index contributed by atoms with van der Waals surface area (Å²) in [4.78, 5) is 62.1. The zero-order chi connectivity index (χ0) is 57.1. The molecule has 7 aromatic carbocycles. The number of hydrogen-bond donors (Lipinski definition) is 4. The van der Waals surface area contributed by atoms with Gasteiger partial charge in [-0.2, -0.15) is 0 Å². The molecule has 7 rings (SSSR count). The van der Waals surface area contributed by atoms with Crippen molar-refractivity contribution in [2.45, 2.75) is 24.7 Å². The van der Waals surface area contributed by atoms with Crippen LogP contribution in [-0.2, 0) is 19.2 Å². The molecule has 13 nitrogen and oxygen atoms in total. The van der Waals surface area contributed by atoms with Crippen LogP contribution in [-0.4, -0.2) is 50.1 Å². The van der Waals surface area contributed by atoms with Gasteiger partial charge in [-0.3, -0.25) is 19.2 Å². The third-order valence-corrected chi connectivity index (χ3v) is 13.3. The molecule has 0 amide bonds. The second-order valence-corrected chi connectivity index (χ2v) is 18.8. The number of nitrogens with zero attached hydrogens (tertiary/aromatic N) is 5. The molecule has 0 radical (unpaired) electrons. The maximum absolute atomic E-state index is 11.6. The average molecular weight is 1070 g/mol. The van der Waals surface area contributed by atoms with E-state index in [2.05, 4.69) is 55.5 Å². The normalized spacial score (nSPS) is 11.4. The maximum Gasteiger partial charge on any atom is 0.333 e. The van der Waals surface area contributed by atoms with Crippen molar-refractivity contribution in [2.75, 3.05) is 10.7 Å². The van der Waals surface area contributed by atoms with Gasteiger partial charge in [-0.1, -0.05) is 135 Å². The molecule has 0 aromatic heterocycles. The summed E-state index contributed by atoms with van der Waals surface area (Å²) < 4.78 is 0. The summed E-state index contributed by atoms with van der Waals surface area (Å²) in [5.74, 6) is -4.32. The molecule has 0 atom stereocenters. The lowest BCUT2D eigenvalue weighted by molar-refractivity contribution is -0.133. The number of carboxylic acids is 4. The lowest BCUT2D eigenvalue weighted by Crippen LogP contribution is -2.09. The standard InChI is InChI=1S/C66H47N5O8S/c1-6-7-36-80-56-34-32-55(33-35-56)71(53-28-16-43(17-29-53)37-57(49-20-8-45(9-21-49)39-59(67-2)63(72)73)50-22-10-46(11-23-50)40-60(68-3)64(74)75)54-30-18-44(19-31-54)38-58(51-24-12-47(13-25-51)41-61(69-4)65(76)77)52-26-14-48(15-27-52)42-62(70-5)66(78)79/h8-35,37-42H,6-7,36H2,1H3,(H,72,73)(H,74,75)(H,76,77)(H,78,79)/b59-39-,60-40-,61-41-,62-42-. The molecule has 0 heterocycles. The molecule has 390 valence electrons. The Bertz CT molecular complexity index is 3430. The van der Waals surface area contributed by atoms with Crippen LogP contribution in [0.15, 0.2) is 198 Å². The smallest absolute Gasteiger partial charge is 0.333 e. The van der Waals surface area contributed by atoms with Gasteiger partial charge in [-0.05, 0) is 164 Å². The van der Waals surface area contributed by atoms with Crippen molar-refractivity contribution in [2.24, 2.45) is 0 Å². The van der Waals surface area contributed by atoms with E-state index in [4.69, 9.17) is 26.3 Å². The van der Waals surface area contributed by atoms with E-state index in [1.165, 1.54) is 24.3 Å². The van der Waals surface area contributed by atoms with Gasteiger partial charge < -0.3 is 25.3 Å². The Morgan fingerprint density at radius 1 is 0.388 bits per heavy atom. The number of thioether (sulfide) groups is 1. The highest BCUT2D eigenvalue weighted by molar-refractivity contribution is 7.99. The molecule has 4 N–H and O–H groups in total. The largest absolute Gasteiger partial charge is 0.486 e. The predicted molar refractivity (Wildman–Crippen MR) is 315 cm³/mol. The van der Waals surface area contributed by atoms with Crippen LogP contribution in [0.3, 0.4) is 0 Å². The number of rotatable bonds is 21. The van der Waals surface area contributed by atoms with Gasteiger partial charge in [0.15, 0.2) is 0 Å². The van der Waals surface area contributed by atoms with E-state index >= 15 is 0 Å². The summed E-state index contributed by atoms with van der Waals surface area (Å²) in [6.45, 7) is 31.3. The lowest BCUT2D eigenvalue weighted by Gasteiger charge is -2.26. The third kappa shape index (κ3) is 14.9. The quantitative estimate of drug-likeness (QED) is 0.0179. The summed E-state index contributed by atoms with van der Waals surface area (Å²) in [5.41, 5.74) is 9.37. The van der Waals surface area contributed by atoms with E-state index in [0.717, 1.165) is 85.1 Å². The minimum Gasteiger partial charge on any atom is -0.486 e. The molecular formula is C66H47N5O8S. The van der Waals surface area contributed by atoms with Crippen LogP contribution < -0.4 is 4.90 Å². The van der Waals surface area contributed by atoms with Crippen molar-refractivity contribution < 1.29 is 39.6 Å². The Hall–Kier alpha value is -11.0. The van der Waals surface area contributed by atoms with Crippen LogP contribution >= 0.6 is 11.8 Å². The van der Waals surface area contributed by atoms with Crippen LogP contribution in [0, 0.1) is 26.3 Å². The second kappa shape index (κ2) is 27.1. The minimum absolute atomic E-state index is 0.423. The van der Waals surface area contributed by atoms with Gasteiger partial charge in [-0.25, -0.2) is 19.4 Å². The van der Waals surface area contributed by atoms with E-state index in [1.807, 2.05) is 109 Å². The highest BCUT2D eigenvalue weighted by atomic mass is 32.2. The Morgan fingerprint density at radius 2 is 0.625 bits per heavy atom. The number of unbranched alkanes of at least 4 members (excludes halogenated alkanes) is 1. The molecule has 0 aliphatic rings. The second-order valence-electron chi connectivity index (χ2n) is 17.6. The van der Waals surface area contributed by atoms with Crippen LogP contribution in [0.4, 0.5) is 17.1 Å². The molecule has 0 saturated carbocycles. The summed E-state index contributed by atoms with van der Waals surface area (Å²) in [6, 6.07) is 52.9. The van der Waals surface area contributed by atoms with E-state index in [-0.39, 0.29) is 0 Å². The zero-order valence-corrected chi connectivity index (χ0v) is 43.6. The van der Waals surface area contributed by atoms with Gasteiger partial charge >= 0.3 is 23.9 Å². The van der Waals surface area contributed by atoms with Crippen LogP contribution in [0.2, 0.25) is 0 Å². The highest BCUT2D eigenvalue weighted by Gasteiger charge is 2.16. The highest BCUT2D eigenvalue weighted by Crippen LogP contribution is 2.38. The fourth-order valence-corrected chi connectivity index (χ4v) is 9.14. The van der Waals surface area contributed by atoms with Crippen LogP contribution in [0.25, 0.3) is 67.0 Å². The average Bonchev–Trinajstić information content (AvgIpc) is 3.49. The Kier molecular flexibility index (Phi) is 19.2. The van der Waals surface area contributed by atoms with Crippen molar-refractivity contribution in [1.82, 2.24) is 0 Å². The first-order valence-electron chi connectivity index (χ1n) is 24.6. The number of carbonyl (C=O) groups is 4. The van der Waals surface area contributed by atoms with Gasteiger partial charge in [0.1, 0.15) is 0 Å². The first kappa shape index (κ1) is 56.7. The van der Waals surface area contributed by atoms with E-state index < -0.39 is 46.7 Å². The lowest BCUT2D eigenvalue weighted by atomic mass is 9.94.